The number of aromatic nitrogens is 2. The van der Waals surface area contributed by atoms with Crippen molar-refractivity contribution in [1.82, 2.24) is 14.9 Å². The Hall–Kier alpha value is -2.63. The van der Waals surface area contributed by atoms with Crippen LogP contribution in [-0.4, -0.2) is 53.0 Å². The largest absolute Gasteiger partial charge is 0.374 e. The molecule has 126 valence electrons. The highest BCUT2D eigenvalue weighted by Crippen LogP contribution is 2.14. The first-order valence-corrected chi connectivity index (χ1v) is 8.27. The van der Waals surface area contributed by atoms with Crippen molar-refractivity contribution >= 4 is 17.5 Å². The topological polar surface area (TPSA) is 61.4 Å². The highest BCUT2D eigenvalue weighted by atomic mass is 16.2. The van der Waals surface area contributed by atoms with Crippen molar-refractivity contribution in [3.05, 3.63) is 48.3 Å². The third-order valence-corrected chi connectivity index (χ3v) is 4.20. The maximum atomic E-state index is 12.6. The molecule has 1 atom stereocenters. The molecular weight excluding hydrogens is 302 g/mol. The fourth-order valence-corrected chi connectivity index (χ4v) is 2.90. The zero-order valence-corrected chi connectivity index (χ0v) is 14.1. The van der Waals surface area contributed by atoms with Crippen LogP contribution >= 0.6 is 0 Å². The van der Waals surface area contributed by atoms with Gasteiger partial charge in [-0.3, -0.25) is 4.79 Å². The summed E-state index contributed by atoms with van der Waals surface area (Å²) in [5, 5.41) is 3.29. The predicted molar refractivity (Wildman–Crippen MR) is 95.1 cm³/mol. The minimum Gasteiger partial charge on any atom is -0.374 e. The summed E-state index contributed by atoms with van der Waals surface area (Å²) in [7, 11) is 0. The first-order chi connectivity index (χ1) is 11.6. The summed E-state index contributed by atoms with van der Waals surface area (Å²) in [4.78, 5) is 25.2. The summed E-state index contributed by atoms with van der Waals surface area (Å²) in [5.41, 5.74) is 2.16. The number of piperazine rings is 1. The third-order valence-electron chi connectivity index (χ3n) is 4.20. The van der Waals surface area contributed by atoms with Crippen LogP contribution in [-0.2, 0) is 4.79 Å². The first-order valence-electron chi connectivity index (χ1n) is 8.27. The molecule has 0 radical (unpaired) electrons. The highest BCUT2D eigenvalue weighted by Gasteiger charge is 2.25. The second-order valence-corrected chi connectivity index (χ2v) is 6.10. The second-order valence-electron chi connectivity index (χ2n) is 6.10. The van der Waals surface area contributed by atoms with Gasteiger partial charge in [0.25, 0.3) is 0 Å². The number of anilines is 2. The number of aryl methyl sites for hydroxylation is 1. The van der Waals surface area contributed by atoms with Crippen LogP contribution in [0.4, 0.5) is 11.6 Å². The van der Waals surface area contributed by atoms with Gasteiger partial charge in [0, 0.05) is 44.3 Å². The van der Waals surface area contributed by atoms with E-state index >= 15 is 0 Å². The Morgan fingerprint density at radius 3 is 2.50 bits per heavy atom. The zero-order valence-electron chi connectivity index (χ0n) is 14.1. The van der Waals surface area contributed by atoms with Crippen LogP contribution in [0.1, 0.15) is 12.5 Å². The molecule has 0 spiro atoms. The van der Waals surface area contributed by atoms with Crippen LogP contribution in [0, 0.1) is 6.92 Å². The molecular formula is C18H23N5O. The number of rotatable bonds is 4. The molecule has 1 amide bonds. The van der Waals surface area contributed by atoms with Gasteiger partial charge in [0.2, 0.25) is 11.9 Å². The smallest absolute Gasteiger partial charge is 0.244 e. The summed E-state index contributed by atoms with van der Waals surface area (Å²) < 4.78 is 0. The summed E-state index contributed by atoms with van der Waals surface area (Å²) in [5.74, 6) is 0.862. The Morgan fingerprint density at radius 1 is 1.12 bits per heavy atom. The van der Waals surface area contributed by atoms with E-state index in [0.29, 0.717) is 13.1 Å². The maximum Gasteiger partial charge on any atom is 0.244 e. The summed E-state index contributed by atoms with van der Waals surface area (Å²) in [6, 6.07) is 9.64. The molecule has 0 aliphatic carbocycles. The van der Waals surface area contributed by atoms with Crippen molar-refractivity contribution in [3.8, 4) is 0 Å². The van der Waals surface area contributed by atoms with Gasteiger partial charge < -0.3 is 15.1 Å². The fraction of sp³-hybridized carbons (Fsp3) is 0.389. The Labute approximate surface area is 142 Å². The van der Waals surface area contributed by atoms with Gasteiger partial charge in [0.1, 0.15) is 6.04 Å². The molecule has 1 aliphatic rings. The number of hydrogen-bond donors (Lipinski definition) is 1. The molecule has 1 unspecified atom stereocenters. The molecule has 0 saturated carbocycles. The number of carbonyl (C=O) groups excluding carboxylic acids is 1. The predicted octanol–water partition coefficient (Wildman–Crippen LogP) is 1.93. The number of nitrogens with zero attached hydrogens (tertiary/aromatic N) is 4. The maximum absolute atomic E-state index is 12.6. The van der Waals surface area contributed by atoms with Gasteiger partial charge in [-0.25, -0.2) is 9.97 Å². The average Bonchev–Trinajstić information content (AvgIpc) is 2.62. The van der Waals surface area contributed by atoms with Crippen LogP contribution in [0.15, 0.2) is 42.7 Å². The van der Waals surface area contributed by atoms with Gasteiger partial charge >= 0.3 is 0 Å². The molecule has 1 aliphatic heterocycles. The zero-order chi connectivity index (χ0) is 16.9. The molecule has 1 N–H and O–H groups in total. The van der Waals surface area contributed by atoms with E-state index in [-0.39, 0.29) is 11.9 Å². The molecule has 2 heterocycles. The van der Waals surface area contributed by atoms with Crippen LogP contribution in [0.2, 0.25) is 0 Å². The fourth-order valence-electron chi connectivity index (χ4n) is 2.90. The summed E-state index contributed by atoms with van der Waals surface area (Å²) >= 11 is 0. The lowest BCUT2D eigenvalue weighted by atomic mass is 10.2. The van der Waals surface area contributed by atoms with Crippen LogP contribution in [0.3, 0.4) is 0 Å². The van der Waals surface area contributed by atoms with Crippen molar-refractivity contribution in [2.24, 2.45) is 0 Å². The van der Waals surface area contributed by atoms with Gasteiger partial charge in [-0.2, -0.15) is 0 Å². The standard InChI is InChI=1S/C18H23N5O/c1-14-5-3-6-16(13-14)21-15(2)17(24)22-9-11-23(12-10-22)18-19-7-4-8-20-18/h3-8,13,15,21H,9-12H2,1-2H3. The van der Waals surface area contributed by atoms with E-state index in [1.807, 2.05) is 43.0 Å². The lowest BCUT2D eigenvalue weighted by Crippen LogP contribution is -2.52. The minimum absolute atomic E-state index is 0.130. The number of benzene rings is 1. The van der Waals surface area contributed by atoms with Crippen molar-refractivity contribution in [2.45, 2.75) is 19.9 Å². The number of nitrogens with one attached hydrogen (secondary N) is 1. The van der Waals surface area contributed by atoms with Gasteiger partial charge in [-0.05, 0) is 37.6 Å². The summed E-state index contributed by atoms with van der Waals surface area (Å²) in [6.07, 6.45) is 3.49. The van der Waals surface area contributed by atoms with E-state index in [0.717, 1.165) is 24.7 Å². The molecule has 1 aromatic heterocycles. The van der Waals surface area contributed by atoms with Gasteiger partial charge in [-0.1, -0.05) is 12.1 Å². The van der Waals surface area contributed by atoms with E-state index in [1.54, 1.807) is 12.4 Å². The van der Waals surface area contributed by atoms with Crippen LogP contribution in [0.25, 0.3) is 0 Å². The molecule has 6 heteroatoms. The average molecular weight is 325 g/mol. The van der Waals surface area contributed by atoms with Crippen molar-refractivity contribution in [3.63, 3.8) is 0 Å². The molecule has 24 heavy (non-hydrogen) atoms. The van der Waals surface area contributed by atoms with Crippen molar-refractivity contribution in [1.29, 1.82) is 0 Å². The summed E-state index contributed by atoms with van der Waals surface area (Å²) in [6.45, 7) is 6.85. The highest BCUT2D eigenvalue weighted by molar-refractivity contribution is 5.84. The van der Waals surface area contributed by atoms with Crippen LogP contribution < -0.4 is 10.2 Å². The van der Waals surface area contributed by atoms with E-state index < -0.39 is 0 Å². The Balaban J connectivity index is 1.55. The normalized spacial score (nSPS) is 15.9. The lowest BCUT2D eigenvalue weighted by molar-refractivity contribution is -0.131. The Bertz CT molecular complexity index is 683. The Morgan fingerprint density at radius 2 is 1.83 bits per heavy atom. The monoisotopic (exact) mass is 325 g/mol. The number of carbonyl (C=O) groups is 1. The van der Waals surface area contributed by atoms with E-state index in [2.05, 4.69) is 26.3 Å². The number of amides is 1. The molecule has 1 fully saturated rings. The second kappa shape index (κ2) is 7.29. The van der Waals surface area contributed by atoms with Gasteiger partial charge in [0.15, 0.2) is 0 Å². The molecule has 1 aromatic carbocycles. The number of hydrogen-bond acceptors (Lipinski definition) is 5. The van der Waals surface area contributed by atoms with Crippen molar-refractivity contribution in [2.75, 3.05) is 36.4 Å². The van der Waals surface area contributed by atoms with Gasteiger partial charge in [-0.15, -0.1) is 0 Å². The van der Waals surface area contributed by atoms with E-state index in [1.165, 1.54) is 5.56 Å². The minimum atomic E-state index is -0.244. The lowest BCUT2D eigenvalue weighted by Gasteiger charge is -2.36. The van der Waals surface area contributed by atoms with E-state index in [4.69, 9.17) is 0 Å². The Kier molecular flexibility index (Phi) is 4.93. The van der Waals surface area contributed by atoms with Gasteiger partial charge in [0.05, 0.1) is 0 Å². The van der Waals surface area contributed by atoms with Crippen molar-refractivity contribution < 1.29 is 4.79 Å². The first kappa shape index (κ1) is 16.2. The molecule has 2 aromatic rings. The molecule has 0 bridgehead atoms. The molecule has 6 nitrogen and oxygen atoms in total. The quantitative estimate of drug-likeness (QED) is 0.931. The SMILES string of the molecule is Cc1cccc(NC(C)C(=O)N2CCN(c3ncccn3)CC2)c1. The molecule has 1 saturated heterocycles. The molecule has 3 rings (SSSR count). The third kappa shape index (κ3) is 3.82. The van der Waals surface area contributed by atoms with E-state index in [9.17, 15) is 4.79 Å². The van der Waals surface area contributed by atoms with Crippen LogP contribution in [0.5, 0.6) is 0 Å².